The molecule has 0 N–H and O–H groups in total. The molecule has 0 aliphatic heterocycles. The fraction of sp³-hybridized carbons (Fsp3) is 0.0625. The number of rotatable bonds is 3. The third kappa shape index (κ3) is 5.66. The molecule has 0 saturated heterocycles. The van der Waals surface area contributed by atoms with Crippen LogP contribution in [0.4, 0.5) is 0 Å². The molecule has 2 rings (SSSR count). The van der Waals surface area contributed by atoms with E-state index in [0.717, 1.165) is 17.6 Å². The summed E-state index contributed by atoms with van der Waals surface area (Å²) in [6.45, 7) is 0. The van der Waals surface area contributed by atoms with Crippen molar-refractivity contribution in [3.8, 4) is 5.75 Å². The SMILES string of the molecule is COc1ccccc1.O=CC=Cc1ccccc1. The van der Waals surface area contributed by atoms with Crippen LogP contribution in [0.2, 0.25) is 0 Å². The Balaban J connectivity index is 0.000000184. The van der Waals surface area contributed by atoms with Crippen molar-refractivity contribution in [2.45, 2.75) is 0 Å². The number of hydrogen-bond acceptors (Lipinski definition) is 2. The zero-order chi connectivity index (χ0) is 13.1. The van der Waals surface area contributed by atoms with E-state index in [-0.39, 0.29) is 0 Å². The lowest BCUT2D eigenvalue weighted by Gasteiger charge is -1.93. The second-order valence-corrected chi connectivity index (χ2v) is 3.42. The van der Waals surface area contributed by atoms with Gasteiger partial charge in [-0.05, 0) is 23.8 Å². The highest BCUT2D eigenvalue weighted by atomic mass is 16.5. The van der Waals surface area contributed by atoms with E-state index in [1.165, 1.54) is 6.08 Å². The summed E-state index contributed by atoms with van der Waals surface area (Å²) in [6, 6.07) is 19.4. The van der Waals surface area contributed by atoms with Gasteiger partial charge in [0.15, 0.2) is 0 Å². The smallest absolute Gasteiger partial charge is 0.142 e. The average Bonchev–Trinajstić information content (AvgIpc) is 2.48. The fourth-order valence-corrected chi connectivity index (χ4v) is 1.27. The third-order valence-corrected chi connectivity index (χ3v) is 2.15. The number of carbonyl (C=O) groups is 1. The van der Waals surface area contributed by atoms with E-state index in [1.54, 1.807) is 13.2 Å². The number of carbonyl (C=O) groups excluding carboxylic acids is 1. The molecule has 0 aliphatic rings. The first-order valence-corrected chi connectivity index (χ1v) is 5.62. The van der Waals surface area contributed by atoms with Crippen molar-refractivity contribution < 1.29 is 9.53 Å². The van der Waals surface area contributed by atoms with Crippen molar-refractivity contribution in [2.75, 3.05) is 7.11 Å². The molecule has 0 amide bonds. The lowest BCUT2D eigenvalue weighted by Crippen LogP contribution is -1.78. The Morgan fingerprint density at radius 2 is 1.44 bits per heavy atom. The Bertz CT molecular complexity index is 461. The van der Waals surface area contributed by atoms with Crippen molar-refractivity contribution in [3.63, 3.8) is 0 Å². The van der Waals surface area contributed by atoms with E-state index in [1.807, 2.05) is 60.7 Å². The van der Waals surface area contributed by atoms with Crippen molar-refractivity contribution >= 4 is 12.4 Å². The first kappa shape index (κ1) is 13.7. The Morgan fingerprint density at radius 1 is 0.889 bits per heavy atom. The molecule has 0 fully saturated rings. The summed E-state index contributed by atoms with van der Waals surface area (Å²) in [7, 11) is 1.66. The molecule has 0 radical (unpaired) electrons. The van der Waals surface area contributed by atoms with Crippen LogP contribution in [0.25, 0.3) is 6.08 Å². The lowest BCUT2D eigenvalue weighted by molar-refractivity contribution is -0.104. The zero-order valence-electron chi connectivity index (χ0n) is 10.3. The minimum atomic E-state index is 0.771. The average molecular weight is 240 g/mol. The molecule has 0 bridgehead atoms. The summed E-state index contributed by atoms with van der Waals surface area (Å²) in [5.74, 6) is 0.910. The highest BCUT2D eigenvalue weighted by molar-refractivity contribution is 5.73. The molecule has 2 heteroatoms. The summed E-state index contributed by atoms with van der Waals surface area (Å²) < 4.78 is 4.91. The van der Waals surface area contributed by atoms with Gasteiger partial charge in [-0.15, -0.1) is 0 Å². The summed E-state index contributed by atoms with van der Waals surface area (Å²) in [5, 5.41) is 0. The number of benzene rings is 2. The van der Waals surface area contributed by atoms with Gasteiger partial charge in [0.25, 0.3) is 0 Å². The van der Waals surface area contributed by atoms with Gasteiger partial charge in [-0.2, -0.15) is 0 Å². The quantitative estimate of drug-likeness (QED) is 0.605. The highest BCUT2D eigenvalue weighted by Crippen LogP contribution is 2.05. The van der Waals surface area contributed by atoms with Crippen LogP contribution in [0.3, 0.4) is 0 Å². The topological polar surface area (TPSA) is 26.3 Å². The third-order valence-electron chi connectivity index (χ3n) is 2.15. The van der Waals surface area contributed by atoms with E-state index in [9.17, 15) is 4.79 Å². The number of hydrogen-bond donors (Lipinski definition) is 0. The van der Waals surface area contributed by atoms with Gasteiger partial charge in [0.2, 0.25) is 0 Å². The predicted molar refractivity (Wildman–Crippen MR) is 74.5 cm³/mol. The molecule has 2 nitrogen and oxygen atoms in total. The molecule has 18 heavy (non-hydrogen) atoms. The number of para-hydroxylation sites is 1. The Hall–Kier alpha value is -2.35. The minimum absolute atomic E-state index is 0.771. The molecular formula is C16H16O2. The van der Waals surface area contributed by atoms with Gasteiger partial charge in [-0.1, -0.05) is 54.6 Å². The van der Waals surface area contributed by atoms with E-state index in [4.69, 9.17) is 4.74 Å². The molecule has 0 unspecified atom stereocenters. The monoisotopic (exact) mass is 240 g/mol. The minimum Gasteiger partial charge on any atom is -0.497 e. The molecule has 0 saturated carbocycles. The number of methoxy groups -OCH3 is 1. The van der Waals surface area contributed by atoms with E-state index < -0.39 is 0 Å². The molecule has 0 aliphatic carbocycles. The van der Waals surface area contributed by atoms with E-state index in [0.29, 0.717) is 0 Å². The van der Waals surface area contributed by atoms with Gasteiger partial charge in [-0.25, -0.2) is 0 Å². The molecular weight excluding hydrogens is 224 g/mol. The number of aldehydes is 1. The molecule has 2 aromatic carbocycles. The molecule has 0 atom stereocenters. The van der Waals surface area contributed by atoms with Gasteiger partial charge >= 0.3 is 0 Å². The second-order valence-electron chi connectivity index (χ2n) is 3.42. The maximum absolute atomic E-state index is 9.89. The largest absolute Gasteiger partial charge is 0.497 e. The van der Waals surface area contributed by atoms with Crippen molar-refractivity contribution in [2.24, 2.45) is 0 Å². The first-order valence-electron chi connectivity index (χ1n) is 5.62. The highest BCUT2D eigenvalue weighted by Gasteiger charge is 1.80. The van der Waals surface area contributed by atoms with E-state index in [2.05, 4.69) is 0 Å². The zero-order valence-corrected chi connectivity index (χ0v) is 10.3. The molecule has 0 heterocycles. The van der Waals surface area contributed by atoms with Crippen molar-refractivity contribution in [1.82, 2.24) is 0 Å². The van der Waals surface area contributed by atoms with Crippen molar-refractivity contribution in [3.05, 3.63) is 72.3 Å². The number of ether oxygens (including phenoxy) is 1. The van der Waals surface area contributed by atoms with Gasteiger partial charge in [-0.3, -0.25) is 4.79 Å². The van der Waals surface area contributed by atoms with Crippen LogP contribution < -0.4 is 4.74 Å². The second kappa shape index (κ2) is 8.76. The van der Waals surface area contributed by atoms with Gasteiger partial charge in [0.1, 0.15) is 12.0 Å². The van der Waals surface area contributed by atoms with Crippen molar-refractivity contribution in [1.29, 1.82) is 0 Å². The predicted octanol–water partition coefficient (Wildman–Crippen LogP) is 3.59. The standard InChI is InChI=1S/C9H8O.C7H8O/c10-8-4-7-9-5-2-1-3-6-9;1-8-7-5-3-2-4-6-7/h1-8H;2-6H,1H3. The maximum atomic E-state index is 9.89. The summed E-state index contributed by atoms with van der Waals surface area (Å²) in [6.07, 6.45) is 4.02. The van der Waals surface area contributed by atoms with Crippen LogP contribution in [-0.2, 0) is 4.79 Å². The van der Waals surface area contributed by atoms with Crippen LogP contribution in [0.15, 0.2) is 66.7 Å². The fourth-order valence-electron chi connectivity index (χ4n) is 1.27. The molecule has 2 aromatic rings. The van der Waals surface area contributed by atoms with Crippen LogP contribution in [0, 0.1) is 0 Å². The molecule has 0 aromatic heterocycles. The first-order chi connectivity index (χ1) is 8.86. The summed E-state index contributed by atoms with van der Waals surface area (Å²) >= 11 is 0. The Labute approximate surface area is 108 Å². The maximum Gasteiger partial charge on any atom is 0.142 e. The van der Waals surface area contributed by atoms with Crippen LogP contribution in [0.5, 0.6) is 5.75 Å². The lowest BCUT2D eigenvalue weighted by atomic mass is 10.2. The van der Waals surface area contributed by atoms with E-state index >= 15 is 0 Å². The van der Waals surface area contributed by atoms with Crippen LogP contribution in [0.1, 0.15) is 5.56 Å². The molecule has 92 valence electrons. The summed E-state index contributed by atoms with van der Waals surface area (Å²) in [4.78, 5) is 9.89. The van der Waals surface area contributed by atoms with Crippen LogP contribution >= 0.6 is 0 Å². The molecule has 0 spiro atoms. The summed E-state index contributed by atoms with van der Waals surface area (Å²) in [5.41, 5.74) is 1.05. The normalized spacial score (nSPS) is 9.39. The van der Waals surface area contributed by atoms with Crippen LogP contribution in [-0.4, -0.2) is 13.4 Å². The Morgan fingerprint density at radius 3 is 1.89 bits per heavy atom. The van der Waals surface area contributed by atoms with Gasteiger partial charge in [0, 0.05) is 0 Å². The van der Waals surface area contributed by atoms with Gasteiger partial charge in [0.05, 0.1) is 7.11 Å². The number of allylic oxidation sites excluding steroid dienone is 1. The Kier molecular flexibility index (Phi) is 6.68. The van der Waals surface area contributed by atoms with Gasteiger partial charge < -0.3 is 4.74 Å².